The molecule has 1 aromatic heterocycles. The number of aliphatic hydroxyl groups is 1. The second-order valence-corrected chi connectivity index (χ2v) is 5.60. The molecule has 2 rings (SSSR count). The van der Waals surface area contributed by atoms with Gasteiger partial charge in [-0.2, -0.15) is 8.78 Å². The number of hydrogen-bond acceptors (Lipinski definition) is 4. The molecule has 1 saturated carbocycles. The van der Waals surface area contributed by atoms with Crippen LogP contribution in [-0.4, -0.2) is 23.0 Å². The van der Waals surface area contributed by atoms with Crippen LogP contribution in [0.25, 0.3) is 0 Å². The molecule has 0 radical (unpaired) electrons. The Bertz CT molecular complexity index is 380. The monoisotopic (exact) mass is 277 g/mol. The maximum atomic E-state index is 12.0. The lowest BCUT2D eigenvalue weighted by Crippen LogP contribution is -2.45. The Balaban J connectivity index is 1.69. The van der Waals surface area contributed by atoms with E-state index in [1.54, 1.807) is 12.1 Å². The topological polar surface area (TPSA) is 45.4 Å². The molecular weight excluding hydrogens is 260 g/mol. The summed E-state index contributed by atoms with van der Waals surface area (Å²) in [6.07, 6.45) is 2.76. The molecule has 6 heteroatoms. The highest BCUT2D eigenvalue weighted by Gasteiger charge is 2.33. The van der Waals surface area contributed by atoms with E-state index in [0.717, 1.165) is 19.3 Å². The van der Waals surface area contributed by atoms with E-state index in [9.17, 15) is 13.9 Å². The highest BCUT2D eigenvalue weighted by Crippen LogP contribution is 2.30. The number of rotatable bonds is 7. The molecule has 0 unspecified atom stereocenters. The van der Waals surface area contributed by atoms with Crippen molar-refractivity contribution in [3.63, 3.8) is 0 Å². The van der Waals surface area contributed by atoms with Crippen molar-refractivity contribution in [1.29, 1.82) is 0 Å². The van der Waals surface area contributed by atoms with Gasteiger partial charge in [-0.25, -0.2) is 0 Å². The molecule has 18 heavy (non-hydrogen) atoms. The maximum absolute atomic E-state index is 12.0. The lowest BCUT2D eigenvalue weighted by molar-refractivity contribution is -0.0317. The van der Waals surface area contributed by atoms with Crippen LogP contribution in [0, 0.1) is 0 Å². The summed E-state index contributed by atoms with van der Waals surface area (Å²) in [5.41, 5.74) is -0.555. The summed E-state index contributed by atoms with van der Waals surface area (Å²) in [7, 11) is 0. The molecule has 0 spiro atoms. The smallest absolute Gasteiger partial charge is 0.284 e. The van der Waals surface area contributed by atoms with Crippen LogP contribution in [-0.2, 0) is 12.3 Å². The number of nitrogens with one attached hydrogen (secondary N) is 1. The Morgan fingerprint density at radius 2 is 2.11 bits per heavy atom. The van der Waals surface area contributed by atoms with Gasteiger partial charge in [-0.1, -0.05) is 11.8 Å². The van der Waals surface area contributed by atoms with Crippen molar-refractivity contribution in [1.82, 2.24) is 5.32 Å². The first-order valence-electron chi connectivity index (χ1n) is 5.98. The first-order valence-corrected chi connectivity index (χ1v) is 7.03. The number of hydrogen-bond donors (Lipinski definition) is 2. The van der Waals surface area contributed by atoms with E-state index in [0.29, 0.717) is 36.4 Å². The fourth-order valence-electron chi connectivity index (χ4n) is 1.92. The summed E-state index contributed by atoms with van der Waals surface area (Å²) >= 11 is 0.551. The van der Waals surface area contributed by atoms with Crippen LogP contribution in [0.2, 0.25) is 0 Å². The SMILES string of the molecule is OC1(CNCc2ccc(CSC(F)F)o2)CCC1. The van der Waals surface area contributed by atoms with Crippen LogP contribution in [0.5, 0.6) is 0 Å². The standard InChI is InChI=1S/C12H17F2NO2S/c13-11(14)18-7-10-3-2-9(17-10)6-15-8-12(16)4-1-5-12/h2-3,11,15-16H,1,4-8H2. The molecule has 1 heterocycles. The molecule has 0 atom stereocenters. The summed E-state index contributed by atoms with van der Waals surface area (Å²) in [5.74, 6) is -0.923. The molecule has 1 aromatic rings. The molecule has 0 saturated heterocycles. The molecule has 1 aliphatic rings. The minimum Gasteiger partial charge on any atom is -0.464 e. The largest absolute Gasteiger partial charge is 0.464 e. The minimum atomic E-state index is -2.37. The Morgan fingerprint density at radius 1 is 1.39 bits per heavy atom. The van der Waals surface area contributed by atoms with Crippen LogP contribution >= 0.6 is 11.8 Å². The van der Waals surface area contributed by atoms with Gasteiger partial charge in [0.05, 0.1) is 17.9 Å². The number of halogens is 2. The lowest BCUT2D eigenvalue weighted by Gasteiger charge is -2.36. The Hall–Kier alpha value is -0.590. The van der Waals surface area contributed by atoms with Crippen LogP contribution in [0.15, 0.2) is 16.5 Å². The molecule has 0 amide bonds. The predicted molar refractivity (Wildman–Crippen MR) is 66.5 cm³/mol. The molecule has 1 fully saturated rings. The van der Waals surface area contributed by atoms with E-state index in [-0.39, 0.29) is 5.75 Å². The zero-order chi connectivity index (χ0) is 13.0. The first-order chi connectivity index (χ1) is 8.57. The van der Waals surface area contributed by atoms with Crippen molar-refractivity contribution in [2.75, 3.05) is 6.54 Å². The van der Waals surface area contributed by atoms with Crippen molar-refractivity contribution >= 4 is 11.8 Å². The normalized spacial score (nSPS) is 18.0. The van der Waals surface area contributed by atoms with Gasteiger partial charge in [-0.3, -0.25) is 0 Å². The van der Waals surface area contributed by atoms with Gasteiger partial charge in [0.15, 0.2) is 0 Å². The van der Waals surface area contributed by atoms with Gasteiger partial charge >= 0.3 is 0 Å². The zero-order valence-corrected chi connectivity index (χ0v) is 10.8. The zero-order valence-electron chi connectivity index (χ0n) is 9.99. The van der Waals surface area contributed by atoms with Crippen LogP contribution in [0.3, 0.4) is 0 Å². The van der Waals surface area contributed by atoms with Gasteiger partial charge in [0, 0.05) is 6.54 Å². The molecule has 0 aromatic carbocycles. The summed E-state index contributed by atoms with van der Waals surface area (Å²) in [4.78, 5) is 0. The van der Waals surface area contributed by atoms with Gasteiger partial charge in [-0.05, 0) is 31.4 Å². The third-order valence-electron chi connectivity index (χ3n) is 3.11. The fraction of sp³-hybridized carbons (Fsp3) is 0.667. The summed E-state index contributed by atoms with van der Waals surface area (Å²) in [6.45, 7) is 1.07. The van der Waals surface area contributed by atoms with E-state index in [1.165, 1.54) is 0 Å². The van der Waals surface area contributed by atoms with E-state index in [2.05, 4.69) is 5.32 Å². The van der Waals surface area contributed by atoms with Gasteiger partial charge in [-0.15, -0.1) is 0 Å². The van der Waals surface area contributed by atoms with E-state index < -0.39 is 11.4 Å². The van der Waals surface area contributed by atoms with Crippen molar-refractivity contribution in [3.8, 4) is 0 Å². The van der Waals surface area contributed by atoms with Gasteiger partial charge < -0.3 is 14.8 Å². The Labute approximate surface area is 109 Å². The number of thioether (sulfide) groups is 1. The van der Waals surface area contributed by atoms with Gasteiger partial charge in [0.1, 0.15) is 11.5 Å². The maximum Gasteiger partial charge on any atom is 0.284 e. The summed E-state index contributed by atoms with van der Waals surface area (Å²) in [6, 6.07) is 3.49. The third-order valence-corrected chi connectivity index (χ3v) is 3.81. The lowest BCUT2D eigenvalue weighted by atomic mass is 9.80. The predicted octanol–water partition coefficient (Wildman–Crippen LogP) is 2.74. The first kappa shape index (κ1) is 13.8. The second-order valence-electron chi connectivity index (χ2n) is 4.62. The minimum absolute atomic E-state index is 0.182. The fourth-order valence-corrected chi connectivity index (χ4v) is 2.37. The van der Waals surface area contributed by atoms with Crippen molar-refractivity contribution in [2.24, 2.45) is 0 Å². The van der Waals surface area contributed by atoms with Gasteiger partial charge in [0.25, 0.3) is 5.76 Å². The summed E-state index contributed by atoms with van der Waals surface area (Å²) < 4.78 is 29.4. The van der Waals surface area contributed by atoms with Crippen molar-refractivity contribution in [3.05, 3.63) is 23.7 Å². The summed E-state index contributed by atoms with van der Waals surface area (Å²) in [5, 5.41) is 13.0. The molecule has 1 aliphatic carbocycles. The Kier molecular flexibility index (Phi) is 4.64. The average molecular weight is 277 g/mol. The van der Waals surface area contributed by atoms with Crippen LogP contribution in [0.1, 0.15) is 30.8 Å². The quantitative estimate of drug-likeness (QED) is 0.804. The van der Waals surface area contributed by atoms with Crippen molar-refractivity contribution in [2.45, 2.75) is 42.9 Å². The molecule has 3 nitrogen and oxygen atoms in total. The molecule has 2 N–H and O–H groups in total. The number of alkyl halides is 2. The highest BCUT2D eigenvalue weighted by molar-refractivity contribution is 7.98. The molecule has 0 bridgehead atoms. The molecular formula is C12H17F2NO2S. The van der Waals surface area contributed by atoms with Crippen LogP contribution < -0.4 is 5.32 Å². The van der Waals surface area contributed by atoms with Crippen molar-refractivity contribution < 1.29 is 18.3 Å². The third kappa shape index (κ3) is 3.96. The van der Waals surface area contributed by atoms with Crippen LogP contribution in [0.4, 0.5) is 8.78 Å². The van der Waals surface area contributed by atoms with E-state index in [1.807, 2.05) is 0 Å². The molecule has 0 aliphatic heterocycles. The highest BCUT2D eigenvalue weighted by atomic mass is 32.2. The average Bonchev–Trinajstić information content (AvgIpc) is 2.72. The van der Waals surface area contributed by atoms with E-state index >= 15 is 0 Å². The number of furan rings is 1. The van der Waals surface area contributed by atoms with Gasteiger partial charge in [0.2, 0.25) is 0 Å². The van der Waals surface area contributed by atoms with E-state index in [4.69, 9.17) is 4.42 Å². The Morgan fingerprint density at radius 3 is 2.72 bits per heavy atom. The second kappa shape index (κ2) is 6.04. The molecule has 102 valence electrons.